The van der Waals surface area contributed by atoms with Crippen molar-refractivity contribution in [3.8, 4) is 11.5 Å². The van der Waals surface area contributed by atoms with Crippen LogP contribution < -0.4 is 9.47 Å². The van der Waals surface area contributed by atoms with E-state index in [0.29, 0.717) is 6.79 Å². The van der Waals surface area contributed by atoms with Crippen LogP contribution in [0.25, 0.3) is 0 Å². The predicted octanol–water partition coefficient (Wildman–Crippen LogP) is 3.06. The Morgan fingerprint density at radius 3 is 2.60 bits per heavy atom. The molecule has 1 aromatic rings. The molecule has 3 rings (SSSR count). The highest BCUT2D eigenvalue weighted by atomic mass is 35.5. The van der Waals surface area contributed by atoms with Gasteiger partial charge in [0.15, 0.2) is 11.5 Å². The summed E-state index contributed by atoms with van der Waals surface area (Å²) >= 11 is 0. The van der Waals surface area contributed by atoms with E-state index in [0.717, 1.165) is 24.6 Å². The van der Waals surface area contributed by atoms with Crippen LogP contribution in [0.3, 0.4) is 0 Å². The largest absolute Gasteiger partial charge is 0.454 e. The van der Waals surface area contributed by atoms with Gasteiger partial charge in [0, 0.05) is 26.2 Å². The Balaban J connectivity index is 0.00000147. The van der Waals surface area contributed by atoms with Gasteiger partial charge >= 0.3 is 0 Å². The maximum Gasteiger partial charge on any atom is 0.231 e. The van der Waals surface area contributed by atoms with Crippen molar-refractivity contribution in [3.05, 3.63) is 23.8 Å². The number of benzene rings is 1. The van der Waals surface area contributed by atoms with Gasteiger partial charge in [0.1, 0.15) is 0 Å². The fraction of sp³-hybridized carbons (Fsp3) is 0.600. The summed E-state index contributed by atoms with van der Waals surface area (Å²) in [4.78, 5) is 0. The molecule has 0 bridgehead atoms. The molecule has 5 heteroatoms. The maximum absolute atomic E-state index is 5.45. The Morgan fingerprint density at radius 2 is 1.85 bits per heavy atom. The quantitative estimate of drug-likeness (QED) is 0.853. The van der Waals surface area contributed by atoms with Gasteiger partial charge in [-0.15, -0.1) is 12.4 Å². The molecule has 2 heterocycles. The lowest BCUT2D eigenvalue weighted by molar-refractivity contribution is -0.0426. The average molecular weight is 299 g/mol. The normalized spacial score (nSPS) is 18.1. The van der Waals surface area contributed by atoms with E-state index in [1.165, 1.54) is 37.9 Å². The van der Waals surface area contributed by atoms with Crippen molar-refractivity contribution in [2.24, 2.45) is 0 Å². The number of halogens is 1. The molecule has 2 aliphatic rings. The summed E-state index contributed by atoms with van der Waals surface area (Å²) < 4.78 is 10.8. The van der Waals surface area contributed by atoms with Gasteiger partial charge in [-0.3, -0.25) is 0 Å². The molecule has 112 valence electrons. The molecule has 0 spiro atoms. The van der Waals surface area contributed by atoms with E-state index in [4.69, 9.17) is 9.47 Å². The van der Waals surface area contributed by atoms with Gasteiger partial charge in [0.2, 0.25) is 6.79 Å². The summed E-state index contributed by atoms with van der Waals surface area (Å²) in [6.45, 7) is 6.96. The first-order chi connectivity index (χ1) is 9.36. The van der Waals surface area contributed by atoms with Crippen LogP contribution in [-0.2, 0) is 6.54 Å². The van der Waals surface area contributed by atoms with E-state index in [1.54, 1.807) is 0 Å². The number of piperidine rings is 1. The summed E-state index contributed by atoms with van der Waals surface area (Å²) in [5, 5.41) is 4.94. The van der Waals surface area contributed by atoms with Crippen molar-refractivity contribution >= 4 is 12.4 Å². The highest BCUT2D eigenvalue weighted by molar-refractivity contribution is 5.85. The first-order valence-corrected chi connectivity index (χ1v) is 7.25. The molecule has 0 aliphatic carbocycles. The van der Waals surface area contributed by atoms with Gasteiger partial charge in [-0.1, -0.05) is 19.4 Å². The Hall–Kier alpha value is -0.970. The van der Waals surface area contributed by atoms with E-state index in [9.17, 15) is 0 Å². The zero-order valence-corrected chi connectivity index (χ0v) is 12.8. The molecule has 0 aromatic heterocycles. The SMILES string of the molecule is CCN(Cc1ccc2c(c1)OCO2)N1CCCCC1.Cl. The van der Waals surface area contributed by atoms with Crippen molar-refractivity contribution < 1.29 is 9.47 Å². The summed E-state index contributed by atoms with van der Waals surface area (Å²) in [6, 6.07) is 6.26. The molecule has 2 aliphatic heterocycles. The Morgan fingerprint density at radius 1 is 1.10 bits per heavy atom. The lowest BCUT2D eigenvalue weighted by Crippen LogP contribution is -2.44. The Bertz CT molecular complexity index is 436. The minimum absolute atomic E-state index is 0. The van der Waals surface area contributed by atoms with Crippen LogP contribution in [-0.4, -0.2) is 36.4 Å². The van der Waals surface area contributed by atoms with Gasteiger partial charge < -0.3 is 9.47 Å². The molecule has 4 nitrogen and oxygen atoms in total. The topological polar surface area (TPSA) is 24.9 Å². The first kappa shape index (κ1) is 15.4. The number of ether oxygens (including phenoxy) is 2. The highest BCUT2D eigenvalue weighted by Gasteiger charge is 2.18. The van der Waals surface area contributed by atoms with Crippen molar-refractivity contribution in [1.29, 1.82) is 0 Å². The Kier molecular flexibility index (Phi) is 5.52. The molecule has 0 radical (unpaired) electrons. The molecular formula is C15H23ClN2O2. The molecular weight excluding hydrogens is 276 g/mol. The summed E-state index contributed by atoms with van der Waals surface area (Å²) in [6.07, 6.45) is 4.01. The third kappa shape index (κ3) is 3.37. The molecule has 0 saturated carbocycles. The fourth-order valence-electron chi connectivity index (χ4n) is 2.82. The number of hydrogen-bond donors (Lipinski definition) is 0. The van der Waals surface area contributed by atoms with E-state index >= 15 is 0 Å². The van der Waals surface area contributed by atoms with Crippen molar-refractivity contribution in [2.75, 3.05) is 26.4 Å². The molecule has 0 N–H and O–H groups in total. The Labute approximate surface area is 127 Å². The second-order valence-electron chi connectivity index (χ2n) is 5.18. The van der Waals surface area contributed by atoms with Crippen LogP contribution >= 0.6 is 12.4 Å². The molecule has 0 atom stereocenters. The molecule has 1 aromatic carbocycles. The minimum atomic E-state index is 0. The van der Waals surface area contributed by atoms with Crippen LogP contribution in [0.2, 0.25) is 0 Å². The number of rotatable bonds is 4. The monoisotopic (exact) mass is 298 g/mol. The van der Waals surface area contributed by atoms with Crippen LogP contribution in [0.15, 0.2) is 18.2 Å². The third-order valence-corrected chi connectivity index (χ3v) is 3.90. The zero-order chi connectivity index (χ0) is 13.1. The molecule has 1 saturated heterocycles. The number of hydrogen-bond acceptors (Lipinski definition) is 4. The second-order valence-corrected chi connectivity index (χ2v) is 5.18. The van der Waals surface area contributed by atoms with Gasteiger partial charge in [-0.25, -0.2) is 10.0 Å². The molecule has 20 heavy (non-hydrogen) atoms. The van der Waals surface area contributed by atoms with Gasteiger partial charge in [0.25, 0.3) is 0 Å². The van der Waals surface area contributed by atoms with Gasteiger partial charge in [0.05, 0.1) is 0 Å². The summed E-state index contributed by atoms with van der Waals surface area (Å²) in [7, 11) is 0. The smallest absolute Gasteiger partial charge is 0.231 e. The van der Waals surface area contributed by atoms with Crippen molar-refractivity contribution in [2.45, 2.75) is 32.7 Å². The minimum Gasteiger partial charge on any atom is -0.454 e. The van der Waals surface area contributed by atoms with E-state index in [-0.39, 0.29) is 12.4 Å². The van der Waals surface area contributed by atoms with Gasteiger partial charge in [-0.2, -0.15) is 0 Å². The van der Waals surface area contributed by atoms with Crippen molar-refractivity contribution in [3.63, 3.8) is 0 Å². The number of hydrazine groups is 1. The number of nitrogens with zero attached hydrogens (tertiary/aromatic N) is 2. The molecule has 1 fully saturated rings. The van der Waals surface area contributed by atoms with E-state index < -0.39 is 0 Å². The summed E-state index contributed by atoms with van der Waals surface area (Å²) in [5.74, 6) is 1.75. The van der Waals surface area contributed by atoms with E-state index in [1.807, 2.05) is 6.07 Å². The van der Waals surface area contributed by atoms with Crippen LogP contribution in [0.1, 0.15) is 31.7 Å². The predicted molar refractivity (Wildman–Crippen MR) is 81.3 cm³/mol. The lowest BCUT2D eigenvalue weighted by atomic mass is 10.1. The third-order valence-electron chi connectivity index (χ3n) is 3.90. The van der Waals surface area contributed by atoms with Crippen LogP contribution in [0.5, 0.6) is 11.5 Å². The first-order valence-electron chi connectivity index (χ1n) is 7.25. The maximum atomic E-state index is 5.45. The van der Waals surface area contributed by atoms with E-state index in [2.05, 4.69) is 29.1 Å². The lowest BCUT2D eigenvalue weighted by Gasteiger charge is -2.37. The van der Waals surface area contributed by atoms with Crippen LogP contribution in [0.4, 0.5) is 0 Å². The molecule has 0 unspecified atom stereocenters. The van der Waals surface area contributed by atoms with Crippen molar-refractivity contribution in [1.82, 2.24) is 10.0 Å². The van der Waals surface area contributed by atoms with Crippen LogP contribution in [0, 0.1) is 0 Å². The second kappa shape index (κ2) is 7.16. The highest BCUT2D eigenvalue weighted by Crippen LogP contribution is 2.33. The standard InChI is InChI=1S/C15H22N2O2.ClH/c1-2-16(17-8-4-3-5-9-17)11-13-6-7-14-15(10-13)19-12-18-14;/h6-7,10H,2-5,8-9,11-12H2,1H3;1H. The molecule has 0 amide bonds. The zero-order valence-electron chi connectivity index (χ0n) is 12.0. The number of fused-ring (bicyclic) bond motifs is 1. The van der Waals surface area contributed by atoms with Gasteiger partial charge in [-0.05, 0) is 30.5 Å². The average Bonchev–Trinajstić information content (AvgIpc) is 2.93. The summed E-state index contributed by atoms with van der Waals surface area (Å²) in [5.41, 5.74) is 1.29. The fourth-order valence-corrected chi connectivity index (χ4v) is 2.82.